The molecule has 2 rings (SSSR count). The molecule has 0 unspecified atom stereocenters. The molecule has 2 nitrogen and oxygen atoms in total. The van der Waals surface area contributed by atoms with Crippen LogP contribution in [0.3, 0.4) is 0 Å². The van der Waals surface area contributed by atoms with E-state index in [0.29, 0.717) is 17.0 Å². The molecule has 0 aliphatic carbocycles. The van der Waals surface area contributed by atoms with Crippen molar-refractivity contribution in [2.45, 2.75) is 6.42 Å². The minimum atomic E-state index is 0.0628. The van der Waals surface area contributed by atoms with E-state index in [1.807, 2.05) is 42.5 Å². The number of nitrogens with one attached hydrogen (secondary N) is 1. The number of allylic oxidation sites excluding steroid dienone is 1. The number of carbonyl (C=O) groups is 1. The molecule has 0 aliphatic heterocycles. The molecule has 0 radical (unpaired) electrons. The lowest BCUT2D eigenvalue weighted by Crippen LogP contribution is -2.09. The fourth-order valence-corrected chi connectivity index (χ4v) is 2.19. The molecule has 0 aromatic heterocycles. The number of benzene rings is 2. The smallest absolute Gasteiger partial charge is 0.169 e. The van der Waals surface area contributed by atoms with Crippen molar-refractivity contribution in [3.8, 4) is 0 Å². The van der Waals surface area contributed by atoms with Gasteiger partial charge in [-0.15, -0.1) is 0 Å². The van der Waals surface area contributed by atoms with Gasteiger partial charge in [-0.1, -0.05) is 54.1 Å². The molecule has 0 atom stereocenters. The van der Waals surface area contributed by atoms with Crippen molar-refractivity contribution >= 4 is 23.0 Å². The lowest BCUT2D eigenvalue weighted by atomic mass is 9.98. The van der Waals surface area contributed by atoms with Crippen LogP contribution in [-0.2, 0) is 11.2 Å². The van der Waals surface area contributed by atoms with Gasteiger partial charge in [0.25, 0.3) is 0 Å². The Bertz CT molecular complexity index is 620. The molecule has 0 spiro atoms. The summed E-state index contributed by atoms with van der Waals surface area (Å²) in [4.78, 5) is 12.5. The first-order chi connectivity index (χ1) is 9.70. The first-order valence-electron chi connectivity index (χ1n) is 6.41. The van der Waals surface area contributed by atoms with E-state index in [1.54, 1.807) is 25.4 Å². The number of carbonyl (C=O) groups excluding carboxylic acids is 1. The molecule has 0 heterocycles. The summed E-state index contributed by atoms with van der Waals surface area (Å²) in [5, 5.41) is 3.55. The average Bonchev–Trinajstić information content (AvgIpc) is 2.45. The third kappa shape index (κ3) is 3.72. The summed E-state index contributed by atoms with van der Waals surface area (Å²) >= 11 is 6.00. The summed E-state index contributed by atoms with van der Waals surface area (Å²) in [6.07, 6.45) is 2.10. The maximum Gasteiger partial charge on any atom is 0.169 e. The third-order valence-corrected chi connectivity index (χ3v) is 3.17. The molecule has 102 valence electrons. The van der Waals surface area contributed by atoms with E-state index in [9.17, 15) is 4.79 Å². The van der Waals surface area contributed by atoms with Crippen molar-refractivity contribution in [3.63, 3.8) is 0 Å². The van der Waals surface area contributed by atoms with Crippen molar-refractivity contribution in [1.29, 1.82) is 0 Å². The van der Waals surface area contributed by atoms with Gasteiger partial charge < -0.3 is 5.32 Å². The Morgan fingerprint density at radius 3 is 2.55 bits per heavy atom. The molecule has 2 aromatic carbocycles. The second-order valence-electron chi connectivity index (χ2n) is 4.44. The molecule has 20 heavy (non-hydrogen) atoms. The maximum absolute atomic E-state index is 12.5. The molecule has 0 saturated heterocycles. The van der Waals surface area contributed by atoms with Crippen molar-refractivity contribution < 1.29 is 4.79 Å². The lowest BCUT2D eigenvalue weighted by molar-refractivity contribution is -0.113. The zero-order valence-electron chi connectivity index (χ0n) is 11.3. The zero-order valence-corrected chi connectivity index (χ0v) is 12.0. The summed E-state index contributed by atoms with van der Waals surface area (Å²) in [6.45, 7) is 0. The predicted octanol–water partition coefficient (Wildman–Crippen LogP) is 3.71. The standard InChI is InChI=1S/C17H16ClNO/c1-19-12-16(14-8-5-9-15(18)11-14)17(20)10-13-6-3-2-4-7-13/h2-9,11-12,19H,10H2,1H3. The molecule has 0 fully saturated rings. The molecule has 0 amide bonds. The van der Waals surface area contributed by atoms with Crippen molar-refractivity contribution in [1.82, 2.24) is 5.32 Å². The van der Waals surface area contributed by atoms with Gasteiger partial charge in [-0.2, -0.15) is 0 Å². The van der Waals surface area contributed by atoms with Crippen molar-refractivity contribution in [2.24, 2.45) is 0 Å². The van der Waals surface area contributed by atoms with Gasteiger partial charge in [-0.25, -0.2) is 0 Å². The van der Waals surface area contributed by atoms with Gasteiger partial charge in [-0.05, 0) is 23.3 Å². The normalized spacial score (nSPS) is 11.2. The van der Waals surface area contributed by atoms with Crippen LogP contribution in [0.2, 0.25) is 5.02 Å². The van der Waals surface area contributed by atoms with Gasteiger partial charge in [0.05, 0.1) is 0 Å². The van der Waals surface area contributed by atoms with Crippen LogP contribution in [0.1, 0.15) is 11.1 Å². The first kappa shape index (κ1) is 14.4. The lowest BCUT2D eigenvalue weighted by Gasteiger charge is -2.08. The Labute approximate surface area is 124 Å². The number of halogens is 1. The van der Waals surface area contributed by atoms with Gasteiger partial charge in [0.2, 0.25) is 0 Å². The van der Waals surface area contributed by atoms with Crippen LogP contribution >= 0.6 is 11.6 Å². The minimum Gasteiger partial charge on any atom is -0.393 e. The molecule has 0 saturated carbocycles. The summed E-state index contributed by atoms with van der Waals surface area (Å²) in [5.41, 5.74) is 2.47. The Balaban J connectivity index is 2.25. The number of rotatable bonds is 5. The summed E-state index contributed by atoms with van der Waals surface area (Å²) in [6, 6.07) is 17.0. The average molecular weight is 286 g/mol. The zero-order chi connectivity index (χ0) is 14.4. The molecular weight excluding hydrogens is 270 g/mol. The van der Waals surface area contributed by atoms with Crippen LogP contribution in [0.4, 0.5) is 0 Å². The van der Waals surface area contributed by atoms with Crippen LogP contribution in [0.5, 0.6) is 0 Å². The number of Topliss-reactive ketones (excluding diaryl/α,β-unsaturated/α-hetero) is 1. The van der Waals surface area contributed by atoms with Crippen LogP contribution in [0.25, 0.3) is 5.57 Å². The molecule has 0 bridgehead atoms. The van der Waals surface area contributed by atoms with E-state index in [0.717, 1.165) is 11.1 Å². The largest absolute Gasteiger partial charge is 0.393 e. The molecule has 0 aliphatic rings. The fraction of sp³-hybridized carbons (Fsp3) is 0.118. The highest BCUT2D eigenvalue weighted by atomic mass is 35.5. The Kier molecular flexibility index (Phi) is 4.97. The van der Waals surface area contributed by atoms with Crippen molar-refractivity contribution in [3.05, 3.63) is 76.9 Å². The SMILES string of the molecule is CNC=C(C(=O)Cc1ccccc1)c1cccc(Cl)c1. The van der Waals surface area contributed by atoms with E-state index in [-0.39, 0.29) is 5.78 Å². The molecule has 2 aromatic rings. The molecule has 1 N–H and O–H groups in total. The van der Waals surface area contributed by atoms with Crippen LogP contribution in [0.15, 0.2) is 60.8 Å². The Morgan fingerprint density at radius 1 is 1.15 bits per heavy atom. The van der Waals surface area contributed by atoms with Gasteiger partial charge in [0.1, 0.15) is 0 Å². The number of hydrogen-bond acceptors (Lipinski definition) is 2. The maximum atomic E-state index is 12.5. The van der Waals surface area contributed by atoms with Crippen LogP contribution < -0.4 is 5.32 Å². The van der Waals surface area contributed by atoms with E-state index < -0.39 is 0 Å². The monoisotopic (exact) mass is 285 g/mol. The van der Waals surface area contributed by atoms with Gasteiger partial charge >= 0.3 is 0 Å². The quantitative estimate of drug-likeness (QED) is 0.849. The van der Waals surface area contributed by atoms with E-state index in [1.165, 1.54) is 0 Å². The predicted molar refractivity (Wildman–Crippen MR) is 83.6 cm³/mol. The minimum absolute atomic E-state index is 0.0628. The molecular formula is C17H16ClNO. The highest BCUT2D eigenvalue weighted by Gasteiger charge is 2.12. The second kappa shape index (κ2) is 6.92. The summed E-state index contributed by atoms with van der Waals surface area (Å²) < 4.78 is 0. The van der Waals surface area contributed by atoms with Gasteiger partial charge in [-0.3, -0.25) is 4.79 Å². The van der Waals surface area contributed by atoms with Crippen LogP contribution in [0, 0.1) is 0 Å². The number of ketones is 1. The molecule has 3 heteroatoms. The van der Waals surface area contributed by atoms with Gasteiger partial charge in [0, 0.05) is 30.3 Å². The summed E-state index contributed by atoms with van der Waals surface area (Å²) in [7, 11) is 1.78. The third-order valence-electron chi connectivity index (χ3n) is 2.93. The first-order valence-corrected chi connectivity index (χ1v) is 6.79. The Morgan fingerprint density at radius 2 is 1.90 bits per heavy atom. The van der Waals surface area contributed by atoms with E-state index in [4.69, 9.17) is 11.6 Å². The fourth-order valence-electron chi connectivity index (χ4n) is 2.00. The number of hydrogen-bond donors (Lipinski definition) is 1. The van der Waals surface area contributed by atoms with Crippen molar-refractivity contribution in [2.75, 3.05) is 7.05 Å². The second-order valence-corrected chi connectivity index (χ2v) is 4.88. The topological polar surface area (TPSA) is 29.1 Å². The van der Waals surface area contributed by atoms with E-state index >= 15 is 0 Å². The van der Waals surface area contributed by atoms with Gasteiger partial charge in [0.15, 0.2) is 5.78 Å². The highest BCUT2D eigenvalue weighted by molar-refractivity contribution is 6.31. The Hall–Kier alpha value is -2.06. The summed E-state index contributed by atoms with van der Waals surface area (Å²) in [5.74, 6) is 0.0628. The van der Waals surface area contributed by atoms with E-state index in [2.05, 4.69) is 5.32 Å². The van der Waals surface area contributed by atoms with Crippen LogP contribution in [-0.4, -0.2) is 12.8 Å². The highest BCUT2D eigenvalue weighted by Crippen LogP contribution is 2.20.